The Kier molecular flexibility index (Phi) is 3.35. The molecule has 96 valence electrons. The van der Waals surface area contributed by atoms with Crippen molar-refractivity contribution in [2.24, 2.45) is 5.92 Å². The predicted octanol–water partition coefficient (Wildman–Crippen LogP) is -0.920. The highest BCUT2D eigenvalue weighted by Gasteiger charge is 2.46. The van der Waals surface area contributed by atoms with Gasteiger partial charge in [-0.05, 0) is 32.2 Å². The summed E-state index contributed by atoms with van der Waals surface area (Å²) in [6.45, 7) is 0.997. The van der Waals surface area contributed by atoms with Crippen LogP contribution in [-0.2, 0) is 9.59 Å². The van der Waals surface area contributed by atoms with Crippen LogP contribution in [0.4, 0.5) is 0 Å². The van der Waals surface area contributed by atoms with Gasteiger partial charge in [0.1, 0.15) is 0 Å². The number of carbonyl (C=O) groups excluding carboxylic acids is 1. The fourth-order valence-corrected chi connectivity index (χ4v) is 2.46. The van der Waals surface area contributed by atoms with E-state index >= 15 is 0 Å². The standard InChI is InChI=1S/C11H18N2O4/c14-9(8-2-1-3-12-8)13-6-11(17)4-7(5-11)10(15)16/h7-8,12,17H,1-6H2,(H,13,14)(H,15,16)/t7?,8-,11?/m1/s1. The van der Waals surface area contributed by atoms with E-state index in [0.29, 0.717) is 0 Å². The van der Waals surface area contributed by atoms with Crippen molar-refractivity contribution < 1.29 is 19.8 Å². The molecule has 1 aliphatic carbocycles. The summed E-state index contributed by atoms with van der Waals surface area (Å²) in [5.74, 6) is -1.45. The molecular formula is C11H18N2O4. The number of hydrogen-bond donors (Lipinski definition) is 4. The van der Waals surface area contributed by atoms with Gasteiger partial charge in [0.05, 0.1) is 17.6 Å². The number of nitrogens with one attached hydrogen (secondary N) is 2. The van der Waals surface area contributed by atoms with Gasteiger partial charge >= 0.3 is 5.97 Å². The van der Waals surface area contributed by atoms with Crippen molar-refractivity contribution in [2.45, 2.75) is 37.3 Å². The predicted molar refractivity (Wildman–Crippen MR) is 59.3 cm³/mol. The number of carboxylic acids is 1. The van der Waals surface area contributed by atoms with E-state index in [1.807, 2.05) is 0 Å². The van der Waals surface area contributed by atoms with Gasteiger partial charge in [-0.3, -0.25) is 9.59 Å². The molecule has 0 unspecified atom stereocenters. The molecule has 1 atom stereocenters. The zero-order valence-corrected chi connectivity index (χ0v) is 9.61. The summed E-state index contributed by atoms with van der Waals surface area (Å²) in [4.78, 5) is 22.3. The van der Waals surface area contributed by atoms with Crippen molar-refractivity contribution in [1.29, 1.82) is 0 Å². The van der Waals surface area contributed by atoms with Crippen LogP contribution in [0.2, 0.25) is 0 Å². The number of amides is 1. The minimum absolute atomic E-state index is 0.102. The van der Waals surface area contributed by atoms with Crippen molar-refractivity contribution in [3.05, 3.63) is 0 Å². The van der Waals surface area contributed by atoms with Crippen molar-refractivity contribution in [2.75, 3.05) is 13.1 Å². The summed E-state index contributed by atoms with van der Waals surface area (Å²) >= 11 is 0. The number of rotatable bonds is 4. The van der Waals surface area contributed by atoms with Crippen LogP contribution in [0.1, 0.15) is 25.7 Å². The summed E-state index contributed by atoms with van der Waals surface area (Å²) < 4.78 is 0. The minimum Gasteiger partial charge on any atom is -0.481 e. The first-order valence-corrected chi connectivity index (χ1v) is 5.96. The van der Waals surface area contributed by atoms with Gasteiger partial charge in [-0.15, -0.1) is 0 Å². The number of aliphatic hydroxyl groups is 1. The summed E-state index contributed by atoms with van der Waals surface area (Å²) in [6, 6.07) is -0.158. The first-order valence-electron chi connectivity index (χ1n) is 5.96. The molecule has 1 saturated carbocycles. The van der Waals surface area contributed by atoms with E-state index in [-0.39, 0.29) is 31.3 Å². The maximum atomic E-state index is 11.6. The Morgan fingerprint density at radius 2 is 2.12 bits per heavy atom. The Morgan fingerprint density at radius 3 is 2.65 bits per heavy atom. The van der Waals surface area contributed by atoms with E-state index in [9.17, 15) is 14.7 Å². The van der Waals surface area contributed by atoms with Crippen LogP contribution in [-0.4, -0.2) is 46.8 Å². The number of hydrogen-bond acceptors (Lipinski definition) is 4. The maximum absolute atomic E-state index is 11.6. The Labute approximate surface area is 99.4 Å². The molecular weight excluding hydrogens is 224 g/mol. The van der Waals surface area contributed by atoms with Crippen LogP contribution >= 0.6 is 0 Å². The third kappa shape index (κ3) is 2.76. The molecule has 1 heterocycles. The van der Waals surface area contributed by atoms with Gasteiger partial charge in [0.2, 0.25) is 5.91 Å². The van der Waals surface area contributed by atoms with Crippen molar-refractivity contribution in [3.8, 4) is 0 Å². The fourth-order valence-electron chi connectivity index (χ4n) is 2.46. The lowest BCUT2D eigenvalue weighted by Gasteiger charge is -2.41. The van der Waals surface area contributed by atoms with Gasteiger partial charge in [0.25, 0.3) is 0 Å². The molecule has 1 amide bonds. The Hall–Kier alpha value is -1.14. The van der Waals surface area contributed by atoms with E-state index in [2.05, 4.69) is 10.6 Å². The Morgan fingerprint density at radius 1 is 1.41 bits per heavy atom. The SMILES string of the molecule is O=C(O)C1CC(O)(CNC(=O)[C@H]2CCCN2)C1. The van der Waals surface area contributed by atoms with Gasteiger partial charge in [-0.25, -0.2) is 0 Å². The zero-order chi connectivity index (χ0) is 12.5. The van der Waals surface area contributed by atoms with Crippen molar-refractivity contribution in [3.63, 3.8) is 0 Å². The molecule has 2 rings (SSSR count). The van der Waals surface area contributed by atoms with Gasteiger partial charge < -0.3 is 20.8 Å². The van der Waals surface area contributed by atoms with E-state index in [1.165, 1.54) is 0 Å². The molecule has 0 aromatic heterocycles. The lowest BCUT2D eigenvalue weighted by molar-refractivity contribution is -0.158. The molecule has 0 aromatic rings. The molecule has 1 saturated heterocycles. The quantitative estimate of drug-likeness (QED) is 0.511. The topological polar surface area (TPSA) is 98.7 Å². The third-order valence-corrected chi connectivity index (χ3v) is 3.57. The summed E-state index contributed by atoms with van der Waals surface area (Å²) in [6.07, 6.45) is 2.26. The maximum Gasteiger partial charge on any atom is 0.306 e. The van der Waals surface area contributed by atoms with Crippen LogP contribution in [0.3, 0.4) is 0 Å². The molecule has 0 radical (unpaired) electrons. The van der Waals surface area contributed by atoms with E-state index in [4.69, 9.17) is 5.11 Å². The van der Waals surface area contributed by atoms with Gasteiger partial charge in [-0.2, -0.15) is 0 Å². The monoisotopic (exact) mass is 242 g/mol. The molecule has 17 heavy (non-hydrogen) atoms. The van der Waals surface area contributed by atoms with Crippen LogP contribution in [0.5, 0.6) is 0 Å². The third-order valence-electron chi connectivity index (χ3n) is 3.57. The fraction of sp³-hybridized carbons (Fsp3) is 0.818. The summed E-state index contributed by atoms with van der Waals surface area (Å²) in [5.41, 5.74) is -1.03. The smallest absolute Gasteiger partial charge is 0.306 e. The largest absolute Gasteiger partial charge is 0.481 e. The summed E-state index contributed by atoms with van der Waals surface area (Å²) in [7, 11) is 0. The highest BCUT2D eigenvalue weighted by atomic mass is 16.4. The Bertz CT molecular complexity index is 319. The van der Waals surface area contributed by atoms with Crippen LogP contribution in [0.15, 0.2) is 0 Å². The lowest BCUT2D eigenvalue weighted by atomic mass is 9.71. The van der Waals surface area contributed by atoms with Crippen LogP contribution in [0, 0.1) is 5.92 Å². The molecule has 1 aliphatic heterocycles. The normalized spacial score (nSPS) is 36.3. The highest BCUT2D eigenvalue weighted by Crippen LogP contribution is 2.37. The van der Waals surface area contributed by atoms with Gasteiger partial charge in [-0.1, -0.05) is 0 Å². The van der Waals surface area contributed by atoms with Crippen molar-refractivity contribution in [1.82, 2.24) is 10.6 Å². The van der Waals surface area contributed by atoms with Crippen LogP contribution < -0.4 is 10.6 Å². The number of carbonyl (C=O) groups is 2. The summed E-state index contributed by atoms with van der Waals surface area (Å²) in [5, 5.41) is 24.4. The van der Waals surface area contributed by atoms with E-state index in [1.54, 1.807) is 0 Å². The first kappa shape index (κ1) is 12.3. The zero-order valence-electron chi connectivity index (χ0n) is 9.61. The number of carboxylic acid groups (broad SMARTS) is 1. The van der Waals surface area contributed by atoms with Gasteiger partial charge in [0, 0.05) is 6.54 Å². The highest BCUT2D eigenvalue weighted by molar-refractivity contribution is 5.82. The molecule has 4 N–H and O–H groups in total. The number of aliphatic carboxylic acids is 1. The second-order valence-electron chi connectivity index (χ2n) is 5.03. The molecule has 6 nitrogen and oxygen atoms in total. The molecule has 0 aromatic carbocycles. The average Bonchev–Trinajstić information content (AvgIpc) is 2.75. The second kappa shape index (κ2) is 4.62. The molecule has 6 heteroatoms. The molecule has 2 fully saturated rings. The van der Waals surface area contributed by atoms with E-state index < -0.39 is 17.5 Å². The molecule has 0 bridgehead atoms. The first-order chi connectivity index (χ1) is 8.00. The molecule has 2 aliphatic rings. The average molecular weight is 242 g/mol. The van der Waals surface area contributed by atoms with Gasteiger partial charge in [0.15, 0.2) is 0 Å². The minimum atomic E-state index is -1.03. The Balaban J connectivity index is 1.72. The second-order valence-corrected chi connectivity index (χ2v) is 5.03. The molecule has 0 spiro atoms. The van der Waals surface area contributed by atoms with E-state index in [0.717, 1.165) is 19.4 Å². The van der Waals surface area contributed by atoms with Crippen molar-refractivity contribution >= 4 is 11.9 Å². The lowest BCUT2D eigenvalue weighted by Crippen LogP contribution is -2.55. The van der Waals surface area contributed by atoms with Crippen LogP contribution in [0.25, 0.3) is 0 Å².